The van der Waals surface area contributed by atoms with Gasteiger partial charge in [-0.15, -0.1) is 11.3 Å². The van der Waals surface area contributed by atoms with Crippen molar-refractivity contribution in [1.82, 2.24) is 14.5 Å². The first-order valence-electron chi connectivity index (χ1n) is 10.6. The van der Waals surface area contributed by atoms with E-state index in [4.69, 9.17) is 4.98 Å². The summed E-state index contributed by atoms with van der Waals surface area (Å²) in [7, 11) is 0. The monoisotopic (exact) mass is 443 g/mol. The number of aromatic nitrogens is 3. The Bertz CT molecular complexity index is 1460. The fourth-order valence-corrected chi connectivity index (χ4v) is 6.79. The van der Waals surface area contributed by atoms with Crippen molar-refractivity contribution in [1.29, 1.82) is 0 Å². The van der Waals surface area contributed by atoms with Gasteiger partial charge in [-0.2, -0.15) is 0 Å². The Morgan fingerprint density at radius 3 is 2.74 bits per heavy atom. The molecule has 5 aromatic rings. The van der Waals surface area contributed by atoms with Gasteiger partial charge in [-0.25, -0.2) is 4.98 Å². The topological polar surface area (TPSA) is 50.7 Å². The van der Waals surface area contributed by atoms with Crippen LogP contribution in [0.15, 0.2) is 70.7 Å². The van der Waals surface area contributed by atoms with Crippen molar-refractivity contribution in [3.8, 4) is 5.69 Å². The van der Waals surface area contributed by atoms with E-state index >= 15 is 0 Å². The lowest BCUT2D eigenvalue weighted by Crippen LogP contribution is -2.22. The van der Waals surface area contributed by atoms with E-state index in [-0.39, 0.29) is 5.56 Å². The smallest absolute Gasteiger partial charge is 0.267 e. The first-order chi connectivity index (χ1) is 15.3. The van der Waals surface area contributed by atoms with Crippen LogP contribution in [0.1, 0.15) is 28.8 Å². The molecular weight excluding hydrogens is 422 g/mol. The lowest BCUT2D eigenvalue weighted by Gasteiger charge is -2.13. The van der Waals surface area contributed by atoms with E-state index in [0.29, 0.717) is 0 Å². The van der Waals surface area contributed by atoms with Gasteiger partial charge < -0.3 is 4.98 Å². The van der Waals surface area contributed by atoms with Crippen molar-refractivity contribution in [2.75, 3.05) is 0 Å². The van der Waals surface area contributed by atoms with Crippen molar-refractivity contribution >= 4 is 44.2 Å². The molecule has 0 saturated heterocycles. The zero-order chi connectivity index (χ0) is 20.8. The Morgan fingerprint density at radius 1 is 1.03 bits per heavy atom. The maximum atomic E-state index is 13.8. The maximum absolute atomic E-state index is 13.8. The SMILES string of the molecule is O=c1c2c3c(sc2nc(SCc2c[nH]c4ccccc24)n1-c1ccccc1)CCCC3. The summed E-state index contributed by atoms with van der Waals surface area (Å²) >= 11 is 3.34. The van der Waals surface area contributed by atoms with Gasteiger partial charge in [-0.3, -0.25) is 9.36 Å². The summed E-state index contributed by atoms with van der Waals surface area (Å²) in [6.07, 6.45) is 6.47. The summed E-state index contributed by atoms with van der Waals surface area (Å²) in [5.41, 5.74) is 4.53. The van der Waals surface area contributed by atoms with Gasteiger partial charge >= 0.3 is 0 Å². The van der Waals surface area contributed by atoms with E-state index in [2.05, 4.69) is 29.4 Å². The molecule has 2 aromatic carbocycles. The van der Waals surface area contributed by atoms with Gasteiger partial charge in [0.05, 0.1) is 11.1 Å². The number of rotatable bonds is 4. The first kappa shape index (κ1) is 18.9. The number of hydrogen-bond donors (Lipinski definition) is 1. The lowest BCUT2D eigenvalue weighted by atomic mass is 9.97. The van der Waals surface area contributed by atoms with Crippen molar-refractivity contribution in [2.24, 2.45) is 0 Å². The average Bonchev–Trinajstić information content (AvgIpc) is 3.39. The second-order valence-corrected chi connectivity index (χ2v) is 9.94. The standard InChI is InChI=1S/C25H21N3OS2/c29-24-22-19-11-5-7-13-21(19)31-23(22)27-25(28(24)17-8-2-1-3-9-17)30-15-16-14-26-20-12-6-4-10-18(16)20/h1-4,6,8-10,12,14,26H,5,7,11,13,15H2. The average molecular weight is 444 g/mol. The van der Waals surface area contributed by atoms with Gasteiger partial charge in [0, 0.05) is 27.7 Å². The maximum Gasteiger partial charge on any atom is 0.267 e. The molecule has 4 nitrogen and oxygen atoms in total. The summed E-state index contributed by atoms with van der Waals surface area (Å²) < 4.78 is 1.81. The number of hydrogen-bond acceptors (Lipinski definition) is 4. The summed E-state index contributed by atoms with van der Waals surface area (Å²) in [4.78, 5) is 24.4. The second kappa shape index (κ2) is 7.70. The minimum Gasteiger partial charge on any atom is -0.361 e. The molecule has 1 N–H and O–H groups in total. The Labute approximate surface area is 188 Å². The number of aryl methyl sites for hydroxylation is 2. The van der Waals surface area contributed by atoms with Crippen LogP contribution in [0.25, 0.3) is 26.8 Å². The number of H-pyrrole nitrogens is 1. The van der Waals surface area contributed by atoms with Gasteiger partial charge in [0.15, 0.2) is 5.16 Å². The van der Waals surface area contributed by atoms with Gasteiger partial charge in [0.25, 0.3) is 5.56 Å². The van der Waals surface area contributed by atoms with Crippen LogP contribution in [-0.4, -0.2) is 14.5 Å². The van der Waals surface area contributed by atoms with E-state index < -0.39 is 0 Å². The minimum atomic E-state index is 0.0667. The van der Waals surface area contributed by atoms with Gasteiger partial charge in [-0.05, 0) is 55.0 Å². The number of aromatic amines is 1. The second-order valence-electron chi connectivity index (χ2n) is 7.91. The van der Waals surface area contributed by atoms with Crippen LogP contribution < -0.4 is 5.56 Å². The molecule has 0 amide bonds. The molecule has 31 heavy (non-hydrogen) atoms. The number of para-hydroxylation sites is 2. The van der Waals surface area contributed by atoms with E-state index in [1.807, 2.05) is 41.0 Å². The Hall–Kier alpha value is -2.83. The number of benzene rings is 2. The zero-order valence-electron chi connectivity index (χ0n) is 16.9. The van der Waals surface area contributed by atoms with Crippen LogP contribution in [0.5, 0.6) is 0 Å². The van der Waals surface area contributed by atoms with Gasteiger partial charge in [-0.1, -0.05) is 48.2 Å². The predicted molar refractivity (Wildman–Crippen MR) is 130 cm³/mol. The number of thioether (sulfide) groups is 1. The van der Waals surface area contributed by atoms with Crippen molar-refractivity contribution < 1.29 is 0 Å². The van der Waals surface area contributed by atoms with Crippen molar-refractivity contribution in [3.05, 3.63) is 87.2 Å². The summed E-state index contributed by atoms with van der Waals surface area (Å²) in [5.74, 6) is 0.750. The highest BCUT2D eigenvalue weighted by atomic mass is 32.2. The molecule has 6 rings (SSSR count). The molecule has 6 heteroatoms. The predicted octanol–water partition coefficient (Wildman–Crippen LogP) is 6.10. The highest BCUT2D eigenvalue weighted by molar-refractivity contribution is 7.98. The molecule has 3 heterocycles. The van der Waals surface area contributed by atoms with Gasteiger partial charge in [0.1, 0.15) is 4.83 Å². The van der Waals surface area contributed by atoms with Gasteiger partial charge in [0.2, 0.25) is 0 Å². The number of thiophene rings is 1. The number of nitrogens with one attached hydrogen (secondary N) is 1. The molecule has 0 bridgehead atoms. The van der Waals surface area contributed by atoms with Crippen LogP contribution in [0, 0.1) is 0 Å². The molecule has 0 spiro atoms. The Balaban J connectivity index is 1.50. The highest BCUT2D eigenvalue weighted by Gasteiger charge is 2.23. The molecule has 0 unspecified atom stereocenters. The summed E-state index contributed by atoms with van der Waals surface area (Å²) in [5, 5.41) is 2.81. The Morgan fingerprint density at radius 2 is 1.84 bits per heavy atom. The minimum absolute atomic E-state index is 0.0667. The highest BCUT2D eigenvalue weighted by Crippen LogP contribution is 2.36. The lowest BCUT2D eigenvalue weighted by molar-refractivity contribution is 0.699. The van der Waals surface area contributed by atoms with Crippen LogP contribution >= 0.6 is 23.1 Å². The van der Waals surface area contributed by atoms with E-state index in [0.717, 1.165) is 51.6 Å². The normalized spacial score (nSPS) is 13.7. The van der Waals surface area contributed by atoms with E-state index in [1.54, 1.807) is 23.1 Å². The molecule has 0 radical (unpaired) electrons. The third-order valence-electron chi connectivity index (χ3n) is 6.00. The zero-order valence-corrected chi connectivity index (χ0v) is 18.6. The third kappa shape index (κ3) is 3.22. The van der Waals surface area contributed by atoms with Crippen molar-refractivity contribution in [2.45, 2.75) is 36.6 Å². The molecule has 1 aliphatic rings. The van der Waals surface area contributed by atoms with Crippen molar-refractivity contribution in [3.63, 3.8) is 0 Å². The molecule has 0 fully saturated rings. The summed E-state index contributed by atoms with van der Waals surface area (Å²) in [6, 6.07) is 18.2. The molecule has 0 saturated carbocycles. The fourth-order valence-electron chi connectivity index (χ4n) is 4.48. The van der Waals surface area contributed by atoms with E-state index in [1.165, 1.54) is 27.8 Å². The van der Waals surface area contributed by atoms with Crippen LogP contribution in [-0.2, 0) is 18.6 Å². The summed E-state index contributed by atoms with van der Waals surface area (Å²) in [6.45, 7) is 0. The Kier molecular flexibility index (Phi) is 4.69. The van der Waals surface area contributed by atoms with E-state index in [9.17, 15) is 4.79 Å². The fraction of sp³-hybridized carbons (Fsp3) is 0.200. The van der Waals surface area contributed by atoms with Crippen LogP contribution in [0.2, 0.25) is 0 Å². The quantitative estimate of drug-likeness (QED) is 0.270. The van der Waals surface area contributed by atoms with Crippen LogP contribution in [0.4, 0.5) is 0 Å². The molecule has 0 atom stereocenters. The third-order valence-corrected chi connectivity index (χ3v) is 8.18. The number of nitrogens with zero attached hydrogens (tertiary/aromatic N) is 2. The molecule has 154 valence electrons. The largest absolute Gasteiger partial charge is 0.361 e. The molecule has 1 aliphatic carbocycles. The molecule has 0 aliphatic heterocycles. The first-order valence-corrected chi connectivity index (χ1v) is 12.4. The number of fused-ring (bicyclic) bond motifs is 4. The molecular formula is C25H21N3OS2. The molecule has 3 aromatic heterocycles. The van der Waals surface area contributed by atoms with Crippen LogP contribution in [0.3, 0.4) is 0 Å².